The van der Waals surface area contributed by atoms with E-state index in [1.807, 2.05) is 24.3 Å². The summed E-state index contributed by atoms with van der Waals surface area (Å²) in [6.07, 6.45) is 1.30. The number of fused-ring (bicyclic) bond motifs is 1. The van der Waals surface area contributed by atoms with Crippen LogP contribution in [-0.2, 0) is 20.8 Å². The molecule has 2 aromatic rings. The van der Waals surface area contributed by atoms with Crippen LogP contribution in [0, 0.1) is 5.92 Å². The van der Waals surface area contributed by atoms with E-state index in [0.717, 1.165) is 11.3 Å². The van der Waals surface area contributed by atoms with E-state index in [4.69, 9.17) is 5.11 Å². The summed E-state index contributed by atoms with van der Waals surface area (Å²) in [7, 11) is 0. The van der Waals surface area contributed by atoms with Crippen molar-refractivity contribution < 1.29 is 19.5 Å². The molecule has 1 aliphatic heterocycles. The van der Waals surface area contributed by atoms with Gasteiger partial charge in [-0.25, -0.2) is 0 Å². The van der Waals surface area contributed by atoms with Crippen LogP contribution in [0.4, 0.5) is 11.4 Å². The number of nitrogens with one attached hydrogen (secondary N) is 2. The summed E-state index contributed by atoms with van der Waals surface area (Å²) in [4.78, 5) is 35.6. The van der Waals surface area contributed by atoms with Crippen LogP contribution in [0.2, 0.25) is 0 Å². The van der Waals surface area contributed by atoms with E-state index in [9.17, 15) is 14.4 Å². The number of anilines is 2. The Morgan fingerprint density at radius 3 is 2.78 bits per heavy atom. The maximum absolute atomic E-state index is 12.3. The summed E-state index contributed by atoms with van der Waals surface area (Å²) in [6.45, 7) is 1.60. The summed E-state index contributed by atoms with van der Waals surface area (Å²) < 4.78 is 0. The molecular weight excluding hydrogens is 344 g/mol. The van der Waals surface area contributed by atoms with Gasteiger partial charge in [0.1, 0.15) is 0 Å². The summed E-state index contributed by atoms with van der Waals surface area (Å²) in [5.41, 5.74) is 3.11. The van der Waals surface area contributed by atoms with E-state index in [2.05, 4.69) is 10.6 Å². The van der Waals surface area contributed by atoms with Crippen molar-refractivity contribution in [1.29, 1.82) is 0 Å². The lowest BCUT2D eigenvalue weighted by Crippen LogP contribution is -2.30. The van der Waals surface area contributed by atoms with Crippen molar-refractivity contribution in [1.82, 2.24) is 0 Å². The maximum Gasteiger partial charge on any atom is 0.310 e. The number of hydrogen-bond donors (Lipinski definition) is 3. The second-order valence-corrected chi connectivity index (χ2v) is 6.82. The third-order valence-corrected chi connectivity index (χ3v) is 4.87. The lowest BCUT2D eigenvalue weighted by molar-refractivity contribution is -0.138. The van der Waals surface area contributed by atoms with Crippen LogP contribution in [0.3, 0.4) is 0 Å². The molecule has 140 valence electrons. The topological polar surface area (TPSA) is 95.5 Å². The monoisotopic (exact) mass is 366 g/mol. The van der Waals surface area contributed by atoms with Gasteiger partial charge in [-0.15, -0.1) is 0 Å². The Morgan fingerprint density at radius 2 is 2.00 bits per heavy atom. The van der Waals surface area contributed by atoms with E-state index in [1.165, 1.54) is 0 Å². The zero-order chi connectivity index (χ0) is 19.4. The van der Waals surface area contributed by atoms with Crippen LogP contribution >= 0.6 is 0 Å². The molecule has 3 rings (SSSR count). The third-order valence-electron chi connectivity index (χ3n) is 4.87. The average Bonchev–Trinajstić information content (AvgIpc) is 2.65. The van der Waals surface area contributed by atoms with Gasteiger partial charge < -0.3 is 15.7 Å². The third kappa shape index (κ3) is 4.53. The second kappa shape index (κ2) is 8.03. The number of benzene rings is 2. The Balaban J connectivity index is 1.57. The number of rotatable bonds is 6. The predicted octanol–water partition coefficient (Wildman–Crippen LogP) is 3.40. The fourth-order valence-corrected chi connectivity index (χ4v) is 3.20. The number of carboxylic acid groups (broad SMARTS) is 1. The number of aliphatic carboxylic acids is 1. The van der Waals surface area contributed by atoms with E-state index in [-0.39, 0.29) is 24.2 Å². The number of amides is 2. The molecule has 3 N–H and O–H groups in total. The minimum atomic E-state index is -0.915. The largest absolute Gasteiger partial charge is 0.481 e. The van der Waals surface area contributed by atoms with Gasteiger partial charge in [0.05, 0.1) is 5.92 Å². The van der Waals surface area contributed by atoms with Gasteiger partial charge in [0.2, 0.25) is 11.8 Å². The van der Waals surface area contributed by atoms with Gasteiger partial charge in [-0.05, 0) is 49.1 Å². The summed E-state index contributed by atoms with van der Waals surface area (Å²) in [6, 6.07) is 14.5. The molecule has 1 aliphatic rings. The molecule has 0 radical (unpaired) electrons. The van der Waals surface area contributed by atoms with E-state index in [1.54, 1.807) is 31.2 Å². The quantitative estimate of drug-likeness (QED) is 0.730. The molecule has 2 unspecified atom stereocenters. The van der Waals surface area contributed by atoms with Crippen molar-refractivity contribution in [3.8, 4) is 0 Å². The minimum Gasteiger partial charge on any atom is -0.481 e. The first-order valence-electron chi connectivity index (χ1n) is 8.95. The molecule has 0 saturated heterocycles. The molecular formula is C21H22N2O4. The molecule has 0 aromatic heterocycles. The molecule has 0 spiro atoms. The van der Waals surface area contributed by atoms with Crippen LogP contribution in [0.25, 0.3) is 0 Å². The number of hydrogen-bond acceptors (Lipinski definition) is 3. The fourth-order valence-electron chi connectivity index (χ4n) is 3.20. The standard InChI is InChI=1S/C21H22N2O4/c1-13(21(26)27)14-6-4-7-17(12-14)22-19(24)10-9-16-11-15-5-2-3-8-18(15)23-20(16)25/h2-8,12-13,16H,9-11H2,1H3,(H,22,24)(H,23,25)(H,26,27). The first-order chi connectivity index (χ1) is 12.9. The SMILES string of the molecule is CC(C(=O)O)c1cccc(NC(=O)CCC2Cc3ccccc3NC2=O)c1. The van der Waals surface area contributed by atoms with Crippen molar-refractivity contribution in [3.63, 3.8) is 0 Å². The van der Waals surface area contributed by atoms with E-state index < -0.39 is 11.9 Å². The van der Waals surface area contributed by atoms with Crippen LogP contribution in [0.15, 0.2) is 48.5 Å². The summed E-state index contributed by atoms with van der Waals surface area (Å²) in [5, 5.41) is 14.8. The fraction of sp³-hybridized carbons (Fsp3) is 0.286. The zero-order valence-electron chi connectivity index (χ0n) is 15.1. The summed E-state index contributed by atoms with van der Waals surface area (Å²) in [5.74, 6) is -2.04. The maximum atomic E-state index is 12.3. The highest BCUT2D eigenvalue weighted by molar-refractivity contribution is 5.96. The van der Waals surface area contributed by atoms with Crippen molar-refractivity contribution >= 4 is 29.2 Å². The molecule has 2 amide bonds. The van der Waals surface area contributed by atoms with Gasteiger partial charge >= 0.3 is 5.97 Å². The van der Waals surface area contributed by atoms with Gasteiger partial charge in [0, 0.05) is 23.7 Å². The minimum absolute atomic E-state index is 0.0567. The Bertz CT molecular complexity index is 878. The Morgan fingerprint density at radius 1 is 1.22 bits per heavy atom. The Labute approximate surface area is 157 Å². The molecule has 0 bridgehead atoms. The molecule has 6 heteroatoms. The van der Waals surface area contributed by atoms with Gasteiger partial charge in [-0.2, -0.15) is 0 Å². The van der Waals surface area contributed by atoms with Gasteiger partial charge in [-0.1, -0.05) is 30.3 Å². The van der Waals surface area contributed by atoms with Crippen LogP contribution < -0.4 is 10.6 Å². The number of para-hydroxylation sites is 1. The molecule has 1 heterocycles. The molecule has 27 heavy (non-hydrogen) atoms. The van der Waals surface area contributed by atoms with Crippen molar-refractivity contribution in [3.05, 3.63) is 59.7 Å². The van der Waals surface area contributed by atoms with Crippen molar-refractivity contribution in [2.75, 3.05) is 10.6 Å². The number of carbonyl (C=O) groups is 3. The lowest BCUT2D eigenvalue weighted by atomic mass is 9.89. The normalized spacial score (nSPS) is 16.8. The van der Waals surface area contributed by atoms with Crippen molar-refractivity contribution in [2.45, 2.75) is 32.1 Å². The number of carboxylic acids is 1. The zero-order valence-corrected chi connectivity index (χ0v) is 15.1. The molecule has 2 atom stereocenters. The molecule has 6 nitrogen and oxygen atoms in total. The van der Waals surface area contributed by atoms with E-state index >= 15 is 0 Å². The van der Waals surface area contributed by atoms with Crippen LogP contribution in [0.1, 0.15) is 36.8 Å². The highest BCUT2D eigenvalue weighted by atomic mass is 16.4. The first kappa shape index (κ1) is 18.6. The van der Waals surface area contributed by atoms with Crippen LogP contribution in [0.5, 0.6) is 0 Å². The number of carbonyl (C=O) groups excluding carboxylic acids is 2. The van der Waals surface area contributed by atoms with Gasteiger partial charge in [0.25, 0.3) is 0 Å². The van der Waals surface area contributed by atoms with Crippen molar-refractivity contribution in [2.24, 2.45) is 5.92 Å². The lowest BCUT2D eigenvalue weighted by Gasteiger charge is -2.24. The highest BCUT2D eigenvalue weighted by Gasteiger charge is 2.26. The smallest absolute Gasteiger partial charge is 0.310 e. The Kier molecular flexibility index (Phi) is 5.54. The molecule has 2 aromatic carbocycles. The molecule has 0 saturated carbocycles. The first-order valence-corrected chi connectivity index (χ1v) is 8.95. The Hall–Kier alpha value is -3.15. The second-order valence-electron chi connectivity index (χ2n) is 6.82. The van der Waals surface area contributed by atoms with Crippen LogP contribution in [-0.4, -0.2) is 22.9 Å². The molecule has 0 fully saturated rings. The average molecular weight is 366 g/mol. The van der Waals surface area contributed by atoms with E-state index in [0.29, 0.717) is 24.1 Å². The predicted molar refractivity (Wildman–Crippen MR) is 103 cm³/mol. The highest BCUT2D eigenvalue weighted by Crippen LogP contribution is 2.27. The summed E-state index contributed by atoms with van der Waals surface area (Å²) >= 11 is 0. The van der Waals surface area contributed by atoms with Gasteiger partial charge in [0.15, 0.2) is 0 Å². The van der Waals surface area contributed by atoms with Gasteiger partial charge in [-0.3, -0.25) is 14.4 Å². The molecule has 0 aliphatic carbocycles.